The average Bonchev–Trinajstić information content (AvgIpc) is 3.16. The molecule has 1 fully saturated rings. The monoisotopic (exact) mass is 266 g/mol. The van der Waals surface area contributed by atoms with Crippen molar-refractivity contribution in [2.45, 2.75) is 18.4 Å². The topological polar surface area (TPSA) is 82.8 Å². The molecule has 104 valence electrons. The molecule has 0 heterocycles. The van der Waals surface area contributed by atoms with Crippen LogP contribution in [0.4, 0.5) is 5.69 Å². The van der Waals surface area contributed by atoms with Crippen molar-refractivity contribution >= 4 is 11.6 Å². The van der Waals surface area contributed by atoms with E-state index < -0.39 is 5.54 Å². The fraction of sp³-hybridized carbons (Fsp3) is 0.462. The number of hydrogen-bond acceptors (Lipinski definition) is 5. The molecule has 1 amide bonds. The molecule has 0 saturated heterocycles. The van der Waals surface area contributed by atoms with Crippen LogP contribution >= 0.6 is 0 Å². The summed E-state index contributed by atoms with van der Waals surface area (Å²) in [7, 11) is 4.57. The van der Waals surface area contributed by atoms with Gasteiger partial charge in [-0.1, -0.05) is 0 Å². The molecule has 1 aromatic rings. The fourth-order valence-corrected chi connectivity index (χ4v) is 1.77. The predicted octanol–water partition coefficient (Wildman–Crippen LogP) is 1.14. The maximum atomic E-state index is 11.9. The molecule has 6 nitrogen and oxygen atoms in total. The van der Waals surface area contributed by atoms with Gasteiger partial charge in [0.05, 0.1) is 26.9 Å². The summed E-state index contributed by atoms with van der Waals surface area (Å²) in [6, 6.07) is 3.34. The number of ether oxygens (including phenoxy) is 3. The van der Waals surface area contributed by atoms with Crippen molar-refractivity contribution in [3.05, 3.63) is 12.1 Å². The highest BCUT2D eigenvalue weighted by molar-refractivity contribution is 6.00. The molecule has 0 aliphatic heterocycles. The van der Waals surface area contributed by atoms with Gasteiger partial charge in [0.25, 0.3) is 0 Å². The molecule has 1 aliphatic carbocycles. The number of carbonyl (C=O) groups excluding carboxylic acids is 1. The molecule has 0 spiro atoms. The van der Waals surface area contributed by atoms with Gasteiger partial charge in [-0.15, -0.1) is 0 Å². The normalized spacial score (nSPS) is 15.6. The predicted molar refractivity (Wildman–Crippen MR) is 70.9 cm³/mol. The Balaban J connectivity index is 2.28. The first-order chi connectivity index (χ1) is 9.04. The van der Waals surface area contributed by atoms with Crippen LogP contribution in [0.1, 0.15) is 12.8 Å². The van der Waals surface area contributed by atoms with Gasteiger partial charge in [-0.2, -0.15) is 0 Å². The summed E-state index contributed by atoms with van der Waals surface area (Å²) in [5.41, 5.74) is 5.68. The number of nitrogens with two attached hydrogens (primary N) is 1. The second-order valence-electron chi connectivity index (χ2n) is 4.52. The number of carbonyl (C=O) groups is 1. The van der Waals surface area contributed by atoms with Crippen molar-refractivity contribution in [1.29, 1.82) is 0 Å². The van der Waals surface area contributed by atoms with Gasteiger partial charge in [-0.05, 0) is 12.8 Å². The minimum atomic E-state index is -0.722. The highest BCUT2D eigenvalue weighted by atomic mass is 16.5. The third-order valence-electron chi connectivity index (χ3n) is 3.16. The van der Waals surface area contributed by atoms with Crippen LogP contribution < -0.4 is 25.3 Å². The first-order valence-corrected chi connectivity index (χ1v) is 5.94. The van der Waals surface area contributed by atoms with Crippen LogP contribution in [0.2, 0.25) is 0 Å². The van der Waals surface area contributed by atoms with Crippen LogP contribution in [-0.2, 0) is 4.79 Å². The highest BCUT2D eigenvalue weighted by Crippen LogP contribution is 2.40. The molecule has 6 heteroatoms. The Kier molecular flexibility index (Phi) is 3.53. The van der Waals surface area contributed by atoms with Gasteiger partial charge >= 0.3 is 0 Å². The zero-order chi connectivity index (χ0) is 14.0. The largest absolute Gasteiger partial charge is 0.493 e. The molecule has 1 saturated carbocycles. The minimum Gasteiger partial charge on any atom is -0.493 e. The third-order valence-corrected chi connectivity index (χ3v) is 3.16. The average molecular weight is 266 g/mol. The number of nitrogens with one attached hydrogen (secondary N) is 1. The summed E-state index contributed by atoms with van der Waals surface area (Å²) in [5, 5.41) is 2.77. The maximum Gasteiger partial charge on any atom is 0.244 e. The fourth-order valence-electron chi connectivity index (χ4n) is 1.77. The first-order valence-electron chi connectivity index (χ1n) is 5.94. The van der Waals surface area contributed by atoms with Gasteiger partial charge in [-0.25, -0.2) is 0 Å². The number of anilines is 1. The van der Waals surface area contributed by atoms with E-state index in [2.05, 4.69) is 5.32 Å². The van der Waals surface area contributed by atoms with E-state index in [4.69, 9.17) is 19.9 Å². The van der Waals surface area contributed by atoms with E-state index in [-0.39, 0.29) is 5.91 Å². The van der Waals surface area contributed by atoms with Crippen LogP contribution in [0.15, 0.2) is 12.1 Å². The zero-order valence-corrected chi connectivity index (χ0v) is 11.3. The van der Waals surface area contributed by atoms with Gasteiger partial charge in [0.1, 0.15) is 0 Å². The van der Waals surface area contributed by atoms with Crippen LogP contribution in [0.3, 0.4) is 0 Å². The number of hydrogen-bond donors (Lipinski definition) is 2. The third kappa shape index (κ3) is 2.58. The maximum absolute atomic E-state index is 11.9. The molecule has 0 atom stereocenters. The van der Waals surface area contributed by atoms with Crippen molar-refractivity contribution < 1.29 is 19.0 Å². The van der Waals surface area contributed by atoms with Crippen molar-refractivity contribution in [2.24, 2.45) is 5.73 Å². The van der Waals surface area contributed by atoms with Crippen molar-refractivity contribution in [2.75, 3.05) is 26.6 Å². The summed E-state index contributed by atoms with van der Waals surface area (Å²) in [4.78, 5) is 11.9. The van der Waals surface area contributed by atoms with Gasteiger partial charge in [0.2, 0.25) is 11.7 Å². The number of methoxy groups -OCH3 is 3. The van der Waals surface area contributed by atoms with Gasteiger partial charge in [0.15, 0.2) is 11.5 Å². The smallest absolute Gasteiger partial charge is 0.244 e. The lowest BCUT2D eigenvalue weighted by Crippen LogP contribution is -2.37. The molecular formula is C13H18N2O4. The van der Waals surface area contributed by atoms with Crippen LogP contribution in [0, 0.1) is 0 Å². The molecular weight excluding hydrogens is 248 g/mol. The zero-order valence-electron chi connectivity index (χ0n) is 11.3. The van der Waals surface area contributed by atoms with Crippen LogP contribution in [0.5, 0.6) is 17.2 Å². The van der Waals surface area contributed by atoms with Crippen LogP contribution in [0.25, 0.3) is 0 Å². The molecule has 0 bridgehead atoms. The molecule has 3 N–H and O–H groups in total. The lowest BCUT2D eigenvalue weighted by Gasteiger charge is -2.15. The molecule has 0 radical (unpaired) electrons. The Labute approximate surface area is 111 Å². The first kappa shape index (κ1) is 13.5. The second kappa shape index (κ2) is 4.97. The minimum absolute atomic E-state index is 0.193. The Hall–Kier alpha value is -1.95. The van der Waals surface area contributed by atoms with E-state index in [0.29, 0.717) is 35.8 Å². The number of rotatable bonds is 5. The lowest BCUT2D eigenvalue weighted by molar-refractivity contribution is -0.118. The summed E-state index contributed by atoms with van der Waals surface area (Å²) >= 11 is 0. The molecule has 1 aliphatic rings. The van der Waals surface area contributed by atoms with E-state index >= 15 is 0 Å². The molecule has 19 heavy (non-hydrogen) atoms. The van der Waals surface area contributed by atoms with Crippen LogP contribution in [-0.4, -0.2) is 32.8 Å². The summed E-state index contributed by atoms with van der Waals surface area (Å²) in [6.45, 7) is 0. The van der Waals surface area contributed by atoms with E-state index in [0.717, 1.165) is 0 Å². The van der Waals surface area contributed by atoms with Gasteiger partial charge < -0.3 is 25.3 Å². The Morgan fingerprint density at radius 1 is 1.16 bits per heavy atom. The van der Waals surface area contributed by atoms with E-state index in [9.17, 15) is 4.79 Å². The quantitative estimate of drug-likeness (QED) is 0.835. The standard InChI is InChI=1S/C13H18N2O4/c1-17-9-6-8(7-10(18-2)11(9)19-3)15-12(16)13(14)4-5-13/h6-7H,4-5,14H2,1-3H3,(H,15,16). The molecule has 1 aromatic carbocycles. The number of benzene rings is 1. The van der Waals surface area contributed by atoms with Gasteiger partial charge in [-0.3, -0.25) is 4.79 Å². The molecule has 2 rings (SSSR count). The molecule has 0 unspecified atom stereocenters. The van der Waals surface area contributed by atoms with Gasteiger partial charge in [0, 0.05) is 17.8 Å². The molecule has 0 aromatic heterocycles. The van der Waals surface area contributed by atoms with Crippen molar-refractivity contribution in [3.63, 3.8) is 0 Å². The second-order valence-corrected chi connectivity index (χ2v) is 4.52. The highest BCUT2D eigenvalue weighted by Gasteiger charge is 2.46. The summed E-state index contributed by atoms with van der Waals surface area (Å²) in [5.74, 6) is 1.26. The van der Waals surface area contributed by atoms with E-state index in [1.807, 2.05) is 0 Å². The number of amides is 1. The summed E-state index contributed by atoms with van der Waals surface area (Å²) < 4.78 is 15.6. The van der Waals surface area contributed by atoms with E-state index in [1.165, 1.54) is 21.3 Å². The van der Waals surface area contributed by atoms with Crippen molar-refractivity contribution in [1.82, 2.24) is 0 Å². The Morgan fingerprint density at radius 2 is 1.68 bits per heavy atom. The summed E-state index contributed by atoms with van der Waals surface area (Å²) in [6.07, 6.45) is 1.42. The van der Waals surface area contributed by atoms with Crippen molar-refractivity contribution in [3.8, 4) is 17.2 Å². The van der Waals surface area contributed by atoms with E-state index in [1.54, 1.807) is 12.1 Å². The Morgan fingerprint density at radius 3 is 2.05 bits per heavy atom. The SMILES string of the molecule is COc1cc(NC(=O)C2(N)CC2)cc(OC)c1OC. The lowest BCUT2D eigenvalue weighted by atomic mass is 10.2. The Bertz CT molecular complexity index is 472.